The first-order chi connectivity index (χ1) is 12.6. The Labute approximate surface area is 167 Å². The first-order valence-electron chi connectivity index (χ1n) is 9.09. The minimum atomic E-state index is -0.00853. The summed E-state index contributed by atoms with van der Waals surface area (Å²) in [5.74, 6) is 0.161. The van der Waals surface area contributed by atoms with E-state index in [1.54, 1.807) is 0 Å². The van der Waals surface area contributed by atoms with Crippen LogP contribution in [0.3, 0.4) is 0 Å². The van der Waals surface area contributed by atoms with Crippen LogP contribution in [0.4, 0.5) is 5.69 Å². The van der Waals surface area contributed by atoms with Crippen LogP contribution >= 0.6 is 27.7 Å². The molecule has 2 N–H and O–H groups in total. The molecule has 4 nitrogen and oxygen atoms in total. The average molecular weight is 437 g/mol. The summed E-state index contributed by atoms with van der Waals surface area (Å²) < 4.78 is 0.944. The quantitative estimate of drug-likeness (QED) is 0.673. The standard InChI is InChI=1S/C20H25BrN2O2S/c1-3-23(4-2)8-7-22-17-6-5-13(12-24)19-16(17)10-14-9-15(21)11-18(25)20(14)26-19/h5-6,9,22,24H,3-4,7-8,10-12H2,1-2H3. The second-order valence-electron chi connectivity index (χ2n) is 6.52. The molecule has 1 aromatic carbocycles. The van der Waals surface area contributed by atoms with Crippen molar-refractivity contribution in [1.29, 1.82) is 0 Å². The number of rotatable bonds is 7. The Kier molecular flexibility index (Phi) is 6.61. The predicted octanol–water partition coefficient (Wildman–Crippen LogP) is 4.09. The van der Waals surface area contributed by atoms with Crippen LogP contribution in [0.1, 0.15) is 31.4 Å². The molecule has 0 saturated heterocycles. The number of Topliss-reactive ketones (excluding diaryl/α,β-unsaturated/α-hetero) is 1. The van der Waals surface area contributed by atoms with Crippen LogP contribution in [0.2, 0.25) is 0 Å². The molecule has 0 unspecified atom stereocenters. The van der Waals surface area contributed by atoms with Crippen LogP contribution in [0, 0.1) is 0 Å². The maximum absolute atomic E-state index is 12.4. The first kappa shape index (κ1) is 19.7. The summed E-state index contributed by atoms with van der Waals surface area (Å²) in [5.41, 5.74) is 4.26. The molecule has 0 bridgehead atoms. The molecule has 6 heteroatoms. The fourth-order valence-corrected chi connectivity index (χ4v) is 5.17. The van der Waals surface area contributed by atoms with Gasteiger partial charge in [-0.05, 0) is 41.9 Å². The maximum Gasteiger partial charge on any atom is 0.174 e. The second-order valence-corrected chi connectivity index (χ2v) is 8.56. The number of hydrogen-bond acceptors (Lipinski definition) is 5. The predicted molar refractivity (Wildman–Crippen MR) is 112 cm³/mol. The van der Waals surface area contributed by atoms with Gasteiger partial charge in [0.1, 0.15) is 0 Å². The molecule has 26 heavy (non-hydrogen) atoms. The Bertz CT molecular complexity index is 769. The van der Waals surface area contributed by atoms with E-state index in [4.69, 9.17) is 0 Å². The molecule has 0 radical (unpaired) electrons. The molecule has 1 aliphatic carbocycles. The number of ketones is 1. The Hall–Kier alpha value is -1.08. The highest BCUT2D eigenvalue weighted by atomic mass is 79.9. The third kappa shape index (κ3) is 4.09. The van der Waals surface area contributed by atoms with Crippen molar-refractivity contribution in [2.75, 3.05) is 31.5 Å². The number of likely N-dealkylation sites (N-methyl/N-ethyl adjacent to an activating group) is 1. The van der Waals surface area contributed by atoms with Crippen LogP contribution < -0.4 is 5.32 Å². The number of carbonyl (C=O) groups is 1. The van der Waals surface area contributed by atoms with Gasteiger partial charge in [-0.1, -0.05) is 47.6 Å². The van der Waals surface area contributed by atoms with Crippen molar-refractivity contribution in [1.82, 2.24) is 4.90 Å². The monoisotopic (exact) mass is 436 g/mol. The average Bonchev–Trinajstić information content (AvgIpc) is 2.64. The maximum atomic E-state index is 12.4. The number of thioether (sulfide) groups is 1. The van der Waals surface area contributed by atoms with Crippen LogP contribution in [0.5, 0.6) is 0 Å². The molecule has 0 aromatic heterocycles. The van der Waals surface area contributed by atoms with E-state index in [1.807, 2.05) is 6.07 Å². The molecule has 1 heterocycles. The van der Waals surface area contributed by atoms with Crippen molar-refractivity contribution >= 4 is 39.2 Å². The van der Waals surface area contributed by atoms with Gasteiger partial charge in [0.15, 0.2) is 5.78 Å². The van der Waals surface area contributed by atoms with Gasteiger partial charge < -0.3 is 15.3 Å². The van der Waals surface area contributed by atoms with Gasteiger partial charge in [0.2, 0.25) is 0 Å². The number of aliphatic hydroxyl groups is 1. The van der Waals surface area contributed by atoms with Gasteiger partial charge in [-0.2, -0.15) is 0 Å². The molecule has 0 atom stereocenters. The van der Waals surface area contributed by atoms with Crippen LogP contribution in [-0.2, 0) is 17.8 Å². The van der Waals surface area contributed by atoms with Crippen molar-refractivity contribution in [3.63, 3.8) is 0 Å². The summed E-state index contributed by atoms with van der Waals surface area (Å²) in [4.78, 5) is 16.7. The Balaban J connectivity index is 1.86. The highest BCUT2D eigenvalue weighted by Gasteiger charge is 2.29. The summed E-state index contributed by atoms with van der Waals surface area (Å²) in [6, 6.07) is 4.03. The van der Waals surface area contributed by atoms with E-state index in [-0.39, 0.29) is 12.4 Å². The van der Waals surface area contributed by atoms with Crippen molar-refractivity contribution in [2.24, 2.45) is 0 Å². The zero-order valence-corrected chi connectivity index (χ0v) is 17.7. The van der Waals surface area contributed by atoms with Crippen molar-refractivity contribution in [3.05, 3.63) is 44.3 Å². The number of anilines is 1. The lowest BCUT2D eigenvalue weighted by Gasteiger charge is -2.27. The van der Waals surface area contributed by atoms with Gasteiger partial charge in [0.05, 0.1) is 11.5 Å². The Morgan fingerprint density at radius 1 is 1.27 bits per heavy atom. The molecule has 0 saturated carbocycles. The van der Waals surface area contributed by atoms with Crippen LogP contribution in [-0.4, -0.2) is 42.0 Å². The lowest BCUT2D eigenvalue weighted by Crippen LogP contribution is -2.29. The largest absolute Gasteiger partial charge is 0.392 e. The number of nitrogens with one attached hydrogen (secondary N) is 1. The molecule has 1 aliphatic heterocycles. The first-order valence-corrected chi connectivity index (χ1v) is 10.7. The number of benzene rings is 1. The number of fused-ring (bicyclic) bond motifs is 1. The fourth-order valence-electron chi connectivity index (χ4n) is 3.42. The molecule has 0 amide bonds. The number of nitrogens with zero attached hydrogens (tertiary/aromatic N) is 1. The van der Waals surface area contributed by atoms with Gasteiger partial charge in [-0.15, -0.1) is 0 Å². The topological polar surface area (TPSA) is 52.6 Å². The van der Waals surface area contributed by atoms with Gasteiger partial charge in [0.25, 0.3) is 0 Å². The van der Waals surface area contributed by atoms with Gasteiger partial charge in [0, 0.05) is 41.0 Å². The van der Waals surface area contributed by atoms with E-state index in [2.05, 4.69) is 52.1 Å². The number of carbonyl (C=O) groups excluding carboxylic acids is 1. The summed E-state index contributed by atoms with van der Waals surface area (Å²) in [6.45, 7) is 8.31. The van der Waals surface area contributed by atoms with Crippen molar-refractivity contribution in [3.8, 4) is 0 Å². The molecule has 1 aromatic rings. The highest BCUT2D eigenvalue weighted by Crippen LogP contribution is 2.46. The minimum absolute atomic E-state index is 0.00853. The third-order valence-electron chi connectivity index (χ3n) is 4.93. The molecule has 140 valence electrons. The van der Waals surface area contributed by atoms with E-state index in [0.29, 0.717) is 6.42 Å². The van der Waals surface area contributed by atoms with Gasteiger partial charge in [-0.25, -0.2) is 0 Å². The van der Waals surface area contributed by atoms with Crippen molar-refractivity contribution in [2.45, 2.75) is 38.2 Å². The van der Waals surface area contributed by atoms with Gasteiger partial charge >= 0.3 is 0 Å². The summed E-state index contributed by atoms with van der Waals surface area (Å²) >= 11 is 5.01. The lowest BCUT2D eigenvalue weighted by molar-refractivity contribution is -0.114. The summed E-state index contributed by atoms with van der Waals surface area (Å²) in [5, 5.41) is 13.3. The summed E-state index contributed by atoms with van der Waals surface area (Å²) in [6.07, 6.45) is 3.23. The van der Waals surface area contributed by atoms with E-state index in [1.165, 1.54) is 17.3 Å². The smallest absolute Gasteiger partial charge is 0.174 e. The van der Waals surface area contributed by atoms with Crippen LogP contribution in [0.15, 0.2) is 38.1 Å². The molecular formula is C20H25BrN2O2S. The second kappa shape index (κ2) is 8.74. The number of halogens is 1. The van der Waals surface area contributed by atoms with Crippen molar-refractivity contribution < 1.29 is 9.90 Å². The number of allylic oxidation sites excluding steroid dienone is 4. The normalized spacial score (nSPS) is 16.5. The van der Waals surface area contributed by atoms with E-state index in [0.717, 1.165) is 63.7 Å². The Morgan fingerprint density at radius 3 is 2.73 bits per heavy atom. The number of hydrogen-bond donors (Lipinski definition) is 2. The molecular weight excluding hydrogens is 412 g/mol. The zero-order chi connectivity index (χ0) is 18.7. The zero-order valence-electron chi connectivity index (χ0n) is 15.3. The third-order valence-corrected chi connectivity index (χ3v) is 6.84. The fraction of sp³-hybridized carbons (Fsp3) is 0.450. The molecule has 0 fully saturated rings. The molecule has 0 spiro atoms. The van der Waals surface area contributed by atoms with E-state index < -0.39 is 0 Å². The molecule has 3 rings (SSSR count). The van der Waals surface area contributed by atoms with Crippen LogP contribution in [0.25, 0.3) is 0 Å². The molecule has 2 aliphatic rings. The van der Waals surface area contributed by atoms with Gasteiger partial charge in [-0.3, -0.25) is 4.79 Å². The van der Waals surface area contributed by atoms with E-state index >= 15 is 0 Å². The highest BCUT2D eigenvalue weighted by molar-refractivity contribution is 9.11. The number of aliphatic hydroxyl groups excluding tert-OH is 1. The minimum Gasteiger partial charge on any atom is -0.392 e. The SMILES string of the molecule is CCN(CC)CCNc1ccc(CO)c2c1CC1=C(S2)C(=O)CC(Br)=C1. The lowest BCUT2D eigenvalue weighted by atomic mass is 9.95. The Morgan fingerprint density at radius 2 is 2.04 bits per heavy atom. The summed E-state index contributed by atoms with van der Waals surface area (Å²) in [7, 11) is 0. The van der Waals surface area contributed by atoms with E-state index in [9.17, 15) is 9.90 Å².